The molecule has 1 aliphatic rings. The summed E-state index contributed by atoms with van der Waals surface area (Å²) in [6.45, 7) is 0. The Kier molecular flexibility index (Phi) is 5.57. The molecule has 0 spiro atoms. The summed E-state index contributed by atoms with van der Waals surface area (Å²) in [5.74, 6) is -1.60. The highest BCUT2D eigenvalue weighted by Crippen LogP contribution is 2.37. The van der Waals surface area contributed by atoms with Gasteiger partial charge in [0, 0.05) is 19.0 Å². The average Bonchev–Trinajstić information content (AvgIpc) is 3.14. The molecule has 2 N–H and O–H groups in total. The van der Waals surface area contributed by atoms with E-state index in [2.05, 4.69) is 10.7 Å². The minimum Gasteiger partial charge on any atom is -0.395 e. The second-order valence-corrected chi connectivity index (χ2v) is 7.56. The molecule has 2 amide bonds. The summed E-state index contributed by atoms with van der Waals surface area (Å²) in [7, 11) is 3.42. The number of anilines is 1. The Labute approximate surface area is 159 Å². The predicted octanol–water partition coefficient (Wildman–Crippen LogP) is 2.98. The third-order valence-electron chi connectivity index (χ3n) is 4.20. The minimum atomic E-state index is -0.708. The summed E-state index contributed by atoms with van der Waals surface area (Å²) >= 11 is 1.38. The molecule has 0 atom stereocenters. The Bertz CT molecular complexity index is 886. The lowest BCUT2D eigenvalue weighted by Crippen LogP contribution is -2.36. The van der Waals surface area contributed by atoms with Crippen LogP contribution in [0.4, 0.5) is 10.9 Å². The average molecular weight is 392 g/mol. The molecule has 10 heteroatoms. The van der Waals surface area contributed by atoms with Gasteiger partial charge in [-0.3, -0.25) is 25.1 Å². The van der Waals surface area contributed by atoms with Crippen molar-refractivity contribution in [3.8, 4) is 0 Å². The smallest absolute Gasteiger partial charge is 0.395 e. The lowest BCUT2D eigenvalue weighted by atomic mass is 10.1. The number of fused-ring (bicyclic) bond motifs is 1. The van der Waals surface area contributed by atoms with Crippen LogP contribution < -0.4 is 10.7 Å². The van der Waals surface area contributed by atoms with Gasteiger partial charge in [0.15, 0.2) is 5.76 Å². The maximum absolute atomic E-state index is 12.7. The fourth-order valence-electron chi connectivity index (χ4n) is 3.04. The highest BCUT2D eigenvalue weighted by atomic mass is 32.1. The number of hydrogen-bond donors (Lipinski definition) is 2. The molecular formula is C17H20N4O5S. The summed E-state index contributed by atoms with van der Waals surface area (Å²) in [5.41, 5.74) is 4.15. The topological polar surface area (TPSA) is 118 Å². The van der Waals surface area contributed by atoms with E-state index in [4.69, 9.17) is 4.42 Å². The molecule has 27 heavy (non-hydrogen) atoms. The Morgan fingerprint density at radius 3 is 2.59 bits per heavy atom. The van der Waals surface area contributed by atoms with Gasteiger partial charge in [-0.05, 0) is 37.3 Å². The van der Waals surface area contributed by atoms with Crippen molar-refractivity contribution in [3.63, 3.8) is 0 Å². The Morgan fingerprint density at radius 1 is 1.19 bits per heavy atom. The quantitative estimate of drug-likeness (QED) is 0.459. The van der Waals surface area contributed by atoms with Crippen LogP contribution in [0, 0.1) is 10.1 Å². The van der Waals surface area contributed by atoms with Gasteiger partial charge in [-0.15, -0.1) is 11.3 Å². The van der Waals surface area contributed by atoms with Crippen molar-refractivity contribution in [2.24, 2.45) is 0 Å². The molecule has 1 aliphatic carbocycles. The SMILES string of the molecule is CN(C)NC(=O)c1c(NC(=O)c2ccc([N+](=O)[O-])o2)sc2c1CCCCC2. The van der Waals surface area contributed by atoms with Crippen LogP contribution in [-0.2, 0) is 12.8 Å². The maximum atomic E-state index is 12.7. The van der Waals surface area contributed by atoms with E-state index in [-0.39, 0.29) is 11.7 Å². The van der Waals surface area contributed by atoms with E-state index in [1.165, 1.54) is 17.4 Å². The zero-order valence-corrected chi connectivity index (χ0v) is 15.9. The van der Waals surface area contributed by atoms with Crippen molar-refractivity contribution in [2.45, 2.75) is 32.1 Å². The van der Waals surface area contributed by atoms with Gasteiger partial charge >= 0.3 is 5.88 Å². The fraction of sp³-hybridized carbons (Fsp3) is 0.412. The van der Waals surface area contributed by atoms with Crippen molar-refractivity contribution >= 4 is 34.0 Å². The summed E-state index contributed by atoms with van der Waals surface area (Å²) in [4.78, 5) is 36.3. The zero-order chi connectivity index (χ0) is 19.6. The number of hydrogen-bond acceptors (Lipinski definition) is 7. The Hall–Kier alpha value is -2.72. The molecule has 0 saturated heterocycles. The van der Waals surface area contributed by atoms with Crippen LogP contribution in [0.3, 0.4) is 0 Å². The molecule has 2 aromatic heterocycles. The van der Waals surface area contributed by atoms with Crippen molar-refractivity contribution < 1.29 is 18.9 Å². The van der Waals surface area contributed by atoms with Crippen molar-refractivity contribution in [1.82, 2.24) is 10.4 Å². The molecule has 144 valence electrons. The number of aryl methyl sites for hydroxylation is 1. The first-order valence-corrected chi connectivity index (χ1v) is 9.37. The molecular weight excluding hydrogens is 372 g/mol. The van der Waals surface area contributed by atoms with E-state index in [0.29, 0.717) is 10.6 Å². The number of thiophene rings is 1. The van der Waals surface area contributed by atoms with Crippen LogP contribution in [0.15, 0.2) is 16.5 Å². The molecule has 0 aliphatic heterocycles. The Morgan fingerprint density at radius 2 is 1.93 bits per heavy atom. The van der Waals surface area contributed by atoms with Crippen LogP contribution in [0.2, 0.25) is 0 Å². The Balaban J connectivity index is 1.92. The molecule has 0 radical (unpaired) electrons. The number of rotatable bonds is 5. The first-order valence-electron chi connectivity index (χ1n) is 8.55. The summed E-state index contributed by atoms with van der Waals surface area (Å²) in [6.07, 6.45) is 4.78. The third-order valence-corrected chi connectivity index (χ3v) is 5.40. The van der Waals surface area contributed by atoms with Crippen molar-refractivity contribution in [1.29, 1.82) is 0 Å². The lowest BCUT2D eigenvalue weighted by molar-refractivity contribution is -0.402. The summed E-state index contributed by atoms with van der Waals surface area (Å²) < 4.78 is 4.95. The molecule has 2 aromatic rings. The summed E-state index contributed by atoms with van der Waals surface area (Å²) in [6, 6.07) is 2.36. The molecule has 3 rings (SSSR count). The van der Waals surface area contributed by atoms with Gasteiger partial charge in [0.25, 0.3) is 11.8 Å². The number of nitro groups is 1. The highest BCUT2D eigenvalue weighted by Gasteiger charge is 2.27. The number of nitrogens with one attached hydrogen (secondary N) is 2. The zero-order valence-electron chi connectivity index (χ0n) is 15.0. The number of hydrazine groups is 1. The molecule has 0 bridgehead atoms. The van der Waals surface area contributed by atoms with Crippen LogP contribution in [0.25, 0.3) is 0 Å². The van der Waals surface area contributed by atoms with E-state index in [0.717, 1.165) is 48.6 Å². The van der Waals surface area contributed by atoms with Gasteiger partial charge in [0.2, 0.25) is 0 Å². The van der Waals surface area contributed by atoms with Crippen molar-refractivity contribution in [2.75, 3.05) is 19.4 Å². The van der Waals surface area contributed by atoms with Gasteiger partial charge in [-0.2, -0.15) is 0 Å². The lowest BCUT2D eigenvalue weighted by Gasteiger charge is -2.14. The maximum Gasteiger partial charge on any atom is 0.433 e. The van der Waals surface area contributed by atoms with Crippen LogP contribution >= 0.6 is 11.3 Å². The first-order chi connectivity index (χ1) is 12.9. The number of amides is 2. The number of carbonyl (C=O) groups excluding carboxylic acids is 2. The van der Waals surface area contributed by atoms with E-state index in [1.807, 2.05) is 0 Å². The highest BCUT2D eigenvalue weighted by molar-refractivity contribution is 7.17. The minimum absolute atomic E-state index is 0.177. The van der Waals surface area contributed by atoms with Gasteiger partial charge in [0.05, 0.1) is 11.6 Å². The number of nitrogens with zero attached hydrogens (tertiary/aromatic N) is 2. The predicted molar refractivity (Wildman–Crippen MR) is 100 cm³/mol. The van der Waals surface area contributed by atoms with Crippen LogP contribution in [-0.4, -0.2) is 35.8 Å². The van der Waals surface area contributed by atoms with Crippen LogP contribution in [0.1, 0.15) is 50.6 Å². The normalized spacial score (nSPS) is 13.7. The van der Waals surface area contributed by atoms with Gasteiger partial charge in [-0.1, -0.05) is 6.42 Å². The summed E-state index contributed by atoms with van der Waals surface area (Å²) in [5, 5.41) is 15.4. The van der Waals surface area contributed by atoms with E-state index in [9.17, 15) is 19.7 Å². The largest absolute Gasteiger partial charge is 0.433 e. The monoisotopic (exact) mass is 392 g/mol. The van der Waals surface area contributed by atoms with E-state index >= 15 is 0 Å². The van der Waals surface area contributed by atoms with E-state index in [1.54, 1.807) is 19.1 Å². The van der Waals surface area contributed by atoms with Gasteiger partial charge in [-0.25, -0.2) is 5.01 Å². The van der Waals surface area contributed by atoms with Gasteiger partial charge in [0.1, 0.15) is 9.92 Å². The standard InChI is InChI=1S/C17H20N4O5S/c1-20(2)19-16(23)14-10-6-4-3-5-7-12(10)27-17(14)18-15(22)11-8-9-13(26-11)21(24)25/h8-9H,3-7H2,1-2H3,(H,18,22)(H,19,23). The van der Waals surface area contributed by atoms with Gasteiger partial charge < -0.3 is 9.73 Å². The van der Waals surface area contributed by atoms with Crippen LogP contribution in [0.5, 0.6) is 0 Å². The first kappa shape index (κ1) is 19.1. The van der Waals surface area contributed by atoms with E-state index < -0.39 is 16.7 Å². The number of furan rings is 1. The molecule has 0 unspecified atom stereocenters. The molecule has 2 heterocycles. The van der Waals surface area contributed by atoms with Crippen molar-refractivity contribution in [3.05, 3.63) is 44.0 Å². The fourth-order valence-corrected chi connectivity index (χ4v) is 4.32. The third kappa shape index (κ3) is 4.17. The molecule has 0 aromatic carbocycles. The number of carbonyl (C=O) groups is 2. The second kappa shape index (κ2) is 7.89. The molecule has 0 saturated carbocycles. The molecule has 9 nitrogen and oxygen atoms in total. The molecule has 0 fully saturated rings. The second-order valence-electron chi connectivity index (χ2n) is 6.45.